The summed E-state index contributed by atoms with van der Waals surface area (Å²) in [5.41, 5.74) is 19.8. The Morgan fingerprint density at radius 2 is 1.06 bits per heavy atom. The minimum Gasteiger partial charge on any atom is -0.328 e. The molecular formula is C64H50IrN5. The van der Waals surface area contributed by atoms with Crippen LogP contribution in [0.2, 0.25) is 0 Å². The molecule has 11 aromatic rings. The summed E-state index contributed by atoms with van der Waals surface area (Å²) in [6, 6.07) is 73.5. The first-order valence-corrected chi connectivity index (χ1v) is 23.8. The van der Waals surface area contributed by atoms with Crippen molar-refractivity contribution in [2.24, 2.45) is 0 Å². The summed E-state index contributed by atoms with van der Waals surface area (Å²) in [6.45, 7) is 6.60. The Balaban J connectivity index is 0.00000567. The van der Waals surface area contributed by atoms with Gasteiger partial charge in [-0.1, -0.05) is 177 Å². The molecule has 340 valence electrons. The molecule has 0 unspecified atom stereocenters. The van der Waals surface area contributed by atoms with Gasteiger partial charge in [0.2, 0.25) is 0 Å². The Bertz CT molecular complexity index is 3560. The Hall–Kier alpha value is -7.63. The van der Waals surface area contributed by atoms with E-state index in [1.165, 1.54) is 44.5 Å². The van der Waals surface area contributed by atoms with E-state index in [0.29, 0.717) is 0 Å². The first-order valence-electron chi connectivity index (χ1n) is 23.8. The van der Waals surface area contributed by atoms with Crippen molar-refractivity contribution < 1.29 is 20.1 Å². The van der Waals surface area contributed by atoms with Gasteiger partial charge < -0.3 is 14.4 Å². The van der Waals surface area contributed by atoms with Crippen LogP contribution in [0.3, 0.4) is 0 Å². The van der Waals surface area contributed by atoms with Crippen molar-refractivity contribution in [2.45, 2.75) is 51.9 Å². The molecule has 5 nitrogen and oxygen atoms in total. The molecule has 0 fully saturated rings. The molecule has 0 atom stereocenters. The number of rotatable bonds is 12. The first kappa shape index (κ1) is 46.1. The predicted octanol–water partition coefficient (Wildman–Crippen LogP) is 14.9. The van der Waals surface area contributed by atoms with E-state index in [4.69, 9.17) is 15.0 Å². The van der Waals surface area contributed by atoms with E-state index in [1.807, 2.05) is 55.1 Å². The molecule has 4 heterocycles. The fourth-order valence-electron chi connectivity index (χ4n) is 9.44. The number of fused-ring (bicyclic) bond motifs is 3. The van der Waals surface area contributed by atoms with Crippen LogP contribution < -0.4 is 0 Å². The van der Waals surface area contributed by atoms with Gasteiger partial charge in [0.1, 0.15) is 5.82 Å². The van der Waals surface area contributed by atoms with Crippen LogP contribution in [0.5, 0.6) is 0 Å². The van der Waals surface area contributed by atoms with E-state index in [1.54, 1.807) is 0 Å². The zero-order chi connectivity index (χ0) is 46.7. The maximum atomic E-state index is 5.19. The molecule has 7 aromatic carbocycles. The second-order valence-corrected chi connectivity index (χ2v) is 18.8. The van der Waals surface area contributed by atoms with Crippen LogP contribution >= 0.6 is 0 Å². The van der Waals surface area contributed by atoms with E-state index in [0.717, 1.165) is 92.8 Å². The van der Waals surface area contributed by atoms with Crippen molar-refractivity contribution in [2.75, 3.05) is 0 Å². The SMILES string of the molecule is CC(C)(C)c1nc2cc(CCc3cc(CCc4c[c-]c(-c5ccccn5)cc4)cc(-c4ccccc4-c4c[c-]c(-c5ccccn5)cc4-c4ccc(-c5ccccc5)cc4)c3)c[c-]c2c2nccn12.[Ir+3]. The minimum absolute atomic E-state index is 0. The molecule has 4 aromatic heterocycles. The van der Waals surface area contributed by atoms with Gasteiger partial charge in [-0.3, -0.25) is 9.97 Å². The van der Waals surface area contributed by atoms with Crippen LogP contribution in [0.15, 0.2) is 201 Å². The largest absolute Gasteiger partial charge is 3.00 e. The van der Waals surface area contributed by atoms with Gasteiger partial charge in [0, 0.05) is 30.2 Å². The number of aryl methyl sites for hydroxylation is 4. The van der Waals surface area contributed by atoms with Crippen molar-refractivity contribution in [3.8, 4) is 67.0 Å². The molecule has 0 N–H and O–H groups in total. The Morgan fingerprint density at radius 3 is 1.74 bits per heavy atom. The van der Waals surface area contributed by atoms with Gasteiger partial charge in [-0.25, -0.2) is 0 Å². The molecule has 0 bridgehead atoms. The second kappa shape index (κ2) is 20.1. The summed E-state index contributed by atoms with van der Waals surface area (Å²) in [7, 11) is 0. The van der Waals surface area contributed by atoms with Crippen LogP contribution in [0, 0.1) is 18.2 Å². The fourth-order valence-corrected chi connectivity index (χ4v) is 9.44. The molecule has 0 spiro atoms. The Morgan fingerprint density at radius 1 is 0.443 bits per heavy atom. The monoisotopic (exact) mass is 1080 g/mol. The molecule has 0 radical (unpaired) electrons. The average Bonchev–Trinajstić information content (AvgIpc) is 3.90. The van der Waals surface area contributed by atoms with Gasteiger partial charge >= 0.3 is 20.1 Å². The van der Waals surface area contributed by atoms with Crippen LogP contribution in [0.1, 0.15) is 48.8 Å². The summed E-state index contributed by atoms with van der Waals surface area (Å²) in [5.74, 6) is 0.990. The number of benzene rings is 7. The van der Waals surface area contributed by atoms with Gasteiger partial charge in [-0.05, 0) is 80.8 Å². The summed E-state index contributed by atoms with van der Waals surface area (Å²) in [6.07, 6.45) is 11.0. The Kier molecular flexibility index (Phi) is 13.3. The van der Waals surface area contributed by atoms with Gasteiger partial charge in [0.15, 0.2) is 0 Å². The number of nitrogens with zero attached hydrogens (tertiary/aromatic N) is 5. The van der Waals surface area contributed by atoms with Gasteiger partial charge in [-0.2, -0.15) is 0 Å². The van der Waals surface area contributed by atoms with Crippen molar-refractivity contribution >= 4 is 16.6 Å². The molecule has 0 saturated heterocycles. The summed E-state index contributed by atoms with van der Waals surface area (Å²) in [5, 5.41) is 0.944. The molecule has 70 heavy (non-hydrogen) atoms. The number of hydrogen-bond acceptors (Lipinski definition) is 4. The van der Waals surface area contributed by atoms with Crippen molar-refractivity contribution in [3.05, 3.63) is 247 Å². The number of pyridine rings is 2. The standard InChI is InChI=1S/C64H50N5.Ir/c1-64(2,3)63-68-61-42-45(25-33-57(61)62-67-37-38-69(62)63)20-22-47-39-46(21-19-44-23-26-51(27-24-44)59-17-9-11-35-65-59)40-53(41-47)54-15-7-8-16-55(54)56-34-32-52(60-18-10-12-36-66-60)43-58(56)50-30-28-49(29-31-50)48-13-5-4-6-14-48;/h4-18,23-26,28-31,34-43H,19-22H2,1-3H3;/q-3;+3. The minimum atomic E-state index is -0.150. The number of hydrogen-bond donors (Lipinski definition) is 0. The third kappa shape index (κ3) is 9.80. The normalized spacial score (nSPS) is 11.5. The summed E-state index contributed by atoms with van der Waals surface area (Å²) < 4.78 is 2.10. The predicted molar refractivity (Wildman–Crippen MR) is 282 cm³/mol. The zero-order valence-corrected chi connectivity index (χ0v) is 41.8. The maximum Gasteiger partial charge on any atom is 3.00 e. The first-order chi connectivity index (χ1) is 33.8. The molecule has 0 aliphatic heterocycles. The molecule has 0 aliphatic carbocycles. The maximum absolute atomic E-state index is 5.19. The van der Waals surface area contributed by atoms with Crippen molar-refractivity contribution in [1.82, 2.24) is 24.3 Å². The third-order valence-corrected chi connectivity index (χ3v) is 13.0. The molecule has 0 saturated carbocycles. The van der Waals surface area contributed by atoms with Gasteiger partial charge in [0.25, 0.3) is 0 Å². The summed E-state index contributed by atoms with van der Waals surface area (Å²) in [4.78, 5) is 19.2. The quantitative estimate of drug-likeness (QED) is 0.114. The van der Waals surface area contributed by atoms with Gasteiger partial charge in [-0.15, -0.1) is 82.9 Å². The van der Waals surface area contributed by atoms with Crippen LogP contribution in [0.4, 0.5) is 0 Å². The van der Waals surface area contributed by atoms with E-state index in [2.05, 4.69) is 194 Å². The average molecular weight is 1080 g/mol. The topological polar surface area (TPSA) is 56.0 Å². The molecule has 0 aliphatic rings. The summed E-state index contributed by atoms with van der Waals surface area (Å²) >= 11 is 0. The zero-order valence-electron chi connectivity index (χ0n) is 39.5. The van der Waals surface area contributed by atoms with Crippen LogP contribution in [-0.4, -0.2) is 24.3 Å². The fraction of sp³-hybridized carbons (Fsp3) is 0.125. The smallest absolute Gasteiger partial charge is 0.328 e. The molecule has 0 amide bonds. The van der Waals surface area contributed by atoms with E-state index in [9.17, 15) is 0 Å². The Labute approximate surface area is 424 Å². The molecule has 6 heteroatoms. The van der Waals surface area contributed by atoms with E-state index < -0.39 is 0 Å². The second-order valence-electron chi connectivity index (χ2n) is 18.8. The third-order valence-electron chi connectivity index (χ3n) is 13.0. The van der Waals surface area contributed by atoms with Crippen molar-refractivity contribution in [3.63, 3.8) is 0 Å². The number of imidazole rings is 1. The van der Waals surface area contributed by atoms with E-state index in [-0.39, 0.29) is 25.5 Å². The molecular weight excluding hydrogens is 1030 g/mol. The van der Waals surface area contributed by atoms with Crippen molar-refractivity contribution in [1.29, 1.82) is 0 Å². The van der Waals surface area contributed by atoms with Gasteiger partial charge in [0.05, 0.1) is 5.65 Å². The molecule has 11 rings (SSSR count). The number of aromatic nitrogens is 5. The van der Waals surface area contributed by atoms with E-state index >= 15 is 0 Å². The van der Waals surface area contributed by atoms with Crippen LogP contribution in [0.25, 0.3) is 83.6 Å². The van der Waals surface area contributed by atoms with Crippen LogP contribution in [-0.2, 0) is 51.2 Å².